The monoisotopic (exact) mass is 480 g/mol. The first kappa shape index (κ1) is 21.6. The molecule has 0 bridgehead atoms. The summed E-state index contributed by atoms with van der Waals surface area (Å²) in [6.07, 6.45) is 9.70. The number of guanidine groups is 1. The molecule has 146 valence electrons. The van der Waals surface area contributed by atoms with E-state index in [0.29, 0.717) is 4.75 Å². The van der Waals surface area contributed by atoms with Crippen molar-refractivity contribution in [2.24, 2.45) is 10.9 Å². The number of hydrogen-bond donors (Lipinski definition) is 1. The van der Waals surface area contributed by atoms with Gasteiger partial charge in [0.2, 0.25) is 0 Å². The maximum absolute atomic E-state index is 5.07. The van der Waals surface area contributed by atoms with Gasteiger partial charge in [-0.15, -0.1) is 24.0 Å². The number of thioether (sulfide) groups is 1. The Kier molecular flexibility index (Phi) is 9.16. The van der Waals surface area contributed by atoms with Crippen molar-refractivity contribution in [2.75, 3.05) is 52.1 Å². The second-order valence-electron chi connectivity index (χ2n) is 7.95. The largest absolute Gasteiger partial charge is 0.357 e. The average Bonchev–Trinajstić information content (AvgIpc) is 2.61. The van der Waals surface area contributed by atoms with Crippen LogP contribution in [0.2, 0.25) is 0 Å². The molecule has 3 aliphatic rings. The van der Waals surface area contributed by atoms with Gasteiger partial charge in [0, 0.05) is 36.7 Å². The molecule has 6 heteroatoms. The lowest BCUT2D eigenvalue weighted by Crippen LogP contribution is -2.53. The summed E-state index contributed by atoms with van der Waals surface area (Å²) in [5.41, 5.74) is 0. The van der Waals surface area contributed by atoms with Crippen LogP contribution in [0.3, 0.4) is 0 Å². The molecule has 0 atom stereocenters. The van der Waals surface area contributed by atoms with E-state index >= 15 is 0 Å². The zero-order valence-electron chi connectivity index (χ0n) is 16.1. The summed E-state index contributed by atoms with van der Waals surface area (Å²) in [6.45, 7) is 9.01. The lowest BCUT2D eigenvalue weighted by atomic mass is 9.87. The van der Waals surface area contributed by atoms with E-state index in [-0.39, 0.29) is 24.0 Å². The Morgan fingerprint density at radius 3 is 2.56 bits per heavy atom. The van der Waals surface area contributed by atoms with Crippen molar-refractivity contribution in [3.8, 4) is 0 Å². The third-order valence-corrected chi connectivity index (χ3v) is 7.52. The first-order valence-electron chi connectivity index (χ1n) is 10.1. The van der Waals surface area contributed by atoms with Gasteiger partial charge in [-0.1, -0.05) is 19.3 Å². The van der Waals surface area contributed by atoms with Crippen molar-refractivity contribution < 1.29 is 0 Å². The Bertz CT molecular complexity index is 412. The van der Waals surface area contributed by atoms with Gasteiger partial charge in [0.05, 0.1) is 0 Å². The first-order valence-corrected chi connectivity index (χ1v) is 11.1. The molecule has 2 aliphatic heterocycles. The Labute approximate surface area is 176 Å². The summed E-state index contributed by atoms with van der Waals surface area (Å²) in [4.78, 5) is 10.1. The molecule has 25 heavy (non-hydrogen) atoms. The molecule has 2 saturated heterocycles. The highest BCUT2D eigenvalue weighted by molar-refractivity contribution is 14.0. The van der Waals surface area contributed by atoms with Gasteiger partial charge in [-0.3, -0.25) is 4.99 Å². The zero-order chi connectivity index (χ0) is 16.8. The van der Waals surface area contributed by atoms with Crippen molar-refractivity contribution in [1.29, 1.82) is 0 Å². The minimum atomic E-state index is 0. The Hall–Kier alpha value is 0.310. The first-order chi connectivity index (χ1) is 11.7. The predicted octanol–water partition coefficient (Wildman–Crippen LogP) is 3.66. The summed E-state index contributed by atoms with van der Waals surface area (Å²) < 4.78 is 0.514. The van der Waals surface area contributed by atoms with Crippen LogP contribution in [0.25, 0.3) is 0 Å². The number of rotatable bonds is 3. The van der Waals surface area contributed by atoms with Crippen molar-refractivity contribution in [3.05, 3.63) is 0 Å². The van der Waals surface area contributed by atoms with Crippen LogP contribution in [0.4, 0.5) is 0 Å². The molecule has 0 unspecified atom stereocenters. The van der Waals surface area contributed by atoms with Crippen LogP contribution < -0.4 is 5.32 Å². The van der Waals surface area contributed by atoms with Crippen LogP contribution in [-0.4, -0.2) is 72.6 Å². The molecule has 1 N–H and O–H groups in total. The van der Waals surface area contributed by atoms with E-state index in [0.717, 1.165) is 25.6 Å². The minimum Gasteiger partial charge on any atom is -0.357 e. The highest BCUT2D eigenvalue weighted by Gasteiger charge is 2.38. The van der Waals surface area contributed by atoms with Crippen LogP contribution >= 0.6 is 35.7 Å². The van der Waals surface area contributed by atoms with Crippen LogP contribution in [0.5, 0.6) is 0 Å². The molecule has 3 rings (SSSR count). The van der Waals surface area contributed by atoms with Crippen molar-refractivity contribution in [3.63, 3.8) is 0 Å². The summed E-state index contributed by atoms with van der Waals surface area (Å²) in [5.74, 6) is 3.22. The van der Waals surface area contributed by atoms with E-state index in [4.69, 9.17) is 4.99 Å². The second kappa shape index (κ2) is 10.6. The highest BCUT2D eigenvalue weighted by Crippen LogP contribution is 2.42. The summed E-state index contributed by atoms with van der Waals surface area (Å²) >= 11 is 2.24. The van der Waals surface area contributed by atoms with Crippen LogP contribution in [-0.2, 0) is 0 Å². The van der Waals surface area contributed by atoms with Gasteiger partial charge in [-0.05, 0) is 58.7 Å². The molecular weight excluding hydrogens is 443 g/mol. The van der Waals surface area contributed by atoms with Crippen LogP contribution in [0, 0.1) is 5.92 Å². The predicted molar refractivity (Wildman–Crippen MR) is 121 cm³/mol. The normalized spacial score (nSPS) is 25.7. The topological polar surface area (TPSA) is 30.9 Å². The number of nitrogens with zero attached hydrogens (tertiary/aromatic N) is 3. The molecule has 0 aromatic heterocycles. The van der Waals surface area contributed by atoms with Crippen LogP contribution in [0.15, 0.2) is 4.99 Å². The quantitative estimate of drug-likeness (QED) is 0.380. The molecule has 0 amide bonds. The maximum Gasteiger partial charge on any atom is 0.193 e. The third-order valence-electron chi connectivity index (χ3n) is 5.99. The number of piperidine rings is 1. The van der Waals surface area contributed by atoms with Crippen LogP contribution in [0.1, 0.15) is 51.9 Å². The molecule has 0 aromatic rings. The Balaban J connectivity index is 0.00000225. The summed E-state index contributed by atoms with van der Waals surface area (Å²) in [7, 11) is 2.23. The smallest absolute Gasteiger partial charge is 0.193 e. The Morgan fingerprint density at radius 2 is 1.88 bits per heavy atom. The van der Waals surface area contributed by atoms with Gasteiger partial charge in [0.25, 0.3) is 0 Å². The van der Waals surface area contributed by atoms with Gasteiger partial charge in [0.1, 0.15) is 0 Å². The minimum absolute atomic E-state index is 0. The van der Waals surface area contributed by atoms with E-state index in [1.807, 2.05) is 0 Å². The molecule has 0 aromatic carbocycles. The average molecular weight is 481 g/mol. The lowest BCUT2D eigenvalue weighted by Gasteiger charge is -2.45. The number of halogens is 1. The van der Waals surface area contributed by atoms with Gasteiger partial charge >= 0.3 is 0 Å². The van der Waals surface area contributed by atoms with Gasteiger partial charge in [-0.25, -0.2) is 0 Å². The lowest BCUT2D eigenvalue weighted by molar-refractivity contribution is 0.223. The Morgan fingerprint density at radius 1 is 1.16 bits per heavy atom. The van der Waals surface area contributed by atoms with Gasteiger partial charge < -0.3 is 15.1 Å². The zero-order valence-corrected chi connectivity index (χ0v) is 19.3. The van der Waals surface area contributed by atoms with Crippen molar-refractivity contribution >= 4 is 41.7 Å². The number of nitrogens with one attached hydrogen (secondary N) is 1. The van der Waals surface area contributed by atoms with Gasteiger partial charge in [0.15, 0.2) is 5.96 Å². The highest BCUT2D eigenvalue weighted by atomic mass is 127. The summed E-state index contributed by atoms with van der Waals surface area (Å²) in [6, 6.07) is 0. The SMILES string of the molecule is CCNC(=NCC1CCN(C)CC1)N1CCSC2(CCCCC2)C1.I. The van der Waals surface area contributed by atoms with E-state index in [1.54, 1.807) is 0 Å². The number of hydrogen-bond acceptors (Lipinski definition) is 3. The van der Waals surface area contributed by atoms with E-state index < -0.39 is 0 Å². The molecule has 3 fully saturated rings. The molecular formula is C19H37IN4S. The molecule has 2 heterocycles. The fourth-order valence-corrected chi connectivity index (χ4v) is 5.98. The molecule has 0 radical (unpaired) electrons. The van der Waals surface area contributed by atoms with E-state index in [2.05, 4.69) is 40.8 Å². The maximum atomic E-state index is 5.07. The molecule has 1 spiro atoms. The molecule has 1 aliphatic carbocycles. The fraction of sp³-hybridized carbons (Fsp3) is 0.947. The molecule has 4 nitrogen and oxygen atoms in total. The third kappa shape index (κ3) is 6.16. The standard InChI is InChI=1S/C19H36N4S.HI/c1-3-20-18(21-15-17-7-11-22(2)12-8-17)23-13-14-24-19(16-23)9-5-4-6-10-19;/h17H,3-16H2,1-2H3,(H,20,21);1H. The van der Waals surface area contributed by atoms with E-state index in [9.17, 15) is 0 Å². The van der Waals surface area contributed by atoms with E-state index in [1.165, 1.54) is 76.3 Å². The van der Waals surface area contributed by atoms with Gasteiger partial charge in [-0.2, -0.15) is 11.8 Å². The number of likely N-dealkylation sites (tertiary alicyclic amines) is 1. The molecule has 1 saturated carbocycles. The van der Waals surface area contributed by atoms with Crippen molar-refractivity contribution in [1.82, 2.24) is 15.1 Å². The van der Waals surface area contributed by atoms with Crippen molar-refractivity contribution in [2.45, 2.75) is 56.6 Å². The fourth-order valence-electron chi connectivity index (χ4n) is 4.41. The second-order valence-corrected chi connectivity index (χ2v) is 9.52. The number of aliphatic imine (C=N–C) groups is 1. The summed E-state index contributed by atoms with van der Waals surface area (Å²) in [5, 5.41) is 3.58.